The van der Waals surface area contributed by atoms with Crippen LogP contribution in [0.25, 0.3) is 0 Å². The zero-order valence-electron chi connectivity index (χ0n) is 48.6. The summed E-state index contributed by atoms with van der Waals surface area (Å²) >= 11 is -5.14. The molecule has 0 heterocycles. The van der Waals surface area contributed by atoms with Crippen molar-refractivity contribution in [3.63, 3.8) is 0 Å². The molecule has 15 nitrogen and oxygen atoms in total. The van der Waals surface area contributed by atoms with Crippen LogP contribution in [0.15, 0.2) is 91.0 Å². The van der Waals surface area contributed by atoms with Gasteiger partial charge in [-0.3, -0.25) is 24.0 Å². The van der Waals surface area contributed by atoms with Crippen molar-refractivity contribution in [1.82, 2.24) is 4.31 Å². The Balaban J connectivity index is -0.000000278. The van der Waals surface area contributed by atoms with Crippen molar-refractivity contribution in [3.8, 4) is 0 Å². The van der Waals surface area contributed by atoms with Gasteiger partial charge in [-0.25, -0.2) is 17.6 Å². The standard InChI is InChI=1S/C12H14F2O2.C12H16O3.C12H14O3.C6H14F3NO2S.C5H8F2O2.C4H8O2.C2H7P.C2H6/c1-12(2,10(13)14)11(15)16-8-9-6-4-3-5-7-9;2*1-12(2,9-13)11(14)15-8-10-6-4-3-5-7-10;1-11-5-3-10(4-6-12-2)13(7,8)9;1-5(2,3(6)7)4(8)9;1-3-6-4(2)5;1-3-2;1-2/h3-7,10H,8H2,1-2H3;3-7,13H,8-9H2,1-2H3;3-7,9H,8H2,1-2H3;3-6H2,1-2H3;3H,1-2H3,(H,8,9);3H2,1-2H3;3H,1-2H3;1-2H3. The fourth-order valence-corrected chi connectivity index (χ4v) is 4.50. The first-order valence-electron chi connectivity index (χ1n) is 24.5. The molecular formula is C55H87F7NO14PS. The van der Waals surface area contributed by atoms with Crippen LogP contribution >= 0.6 is 20.0 Å². The van der Waals surface area contributed by atoms with Crippen LogP contribution in [0, 0.1) is 21.7 Å². The van der Waals surface area contributed by atoms with Crippen LogP contribution in [0.1, 0.15) is 99.8 Å². The van der Waals surface area contributed by atoms with Crippen LogP contribution in [-0.4, -0.2) is 131 Å². The summed E-state index contributed by atoms with van der Waals surface area (Å²) in [6.45, 7) is 22.8. The number of rotatable bonds is 22. The number of carboxylic acids is 1. The summed E-state index contributed by atoms with van der Waals surface area (Å²) in [5, 5.41) is 17.1. The van der Waals surface area contributed by atoms with E-state index in [2.05, 4.69) is 27.5 Å². The van der Waals surface area contributed by atoms with E-state index in [1.807, 2.05) is 80.6 Å². The lowest BCUT2D eigenvalue weighted by atomic mass is 9.95. The van der Waals surface area contributed by atoms with Gasteiger partial charge in [-0.2, -0.15) is 4.31 Å². The fourth-order valence-electron chi connectivity index (χ4n) is 3.94. The Hall–Kier alpha value is -5.19. The van der Waals surface area contributed by atoms with E-state index in [9.17, 15) is 58.0 Å². The number of carbonyl (C=O) groups is 6. The second-order valence-electron chi connectivity index (χ2n) is 18.1. The van der Waals surface area contributed by atoms with Crippen molar-refractivity contribution in [2.24, 2.45) is 21.7 Å². The molecule has 0 aliphatic heterocycles. The third kappa shape index (κ3) is 42.4. The summed E-state index contributed by atoms with van der Waals surface area (Å²) in [6, 6.07) is 27.8. The first-order chi connectivity index (χ1) is 36.7. The second kappa shape index (κ2) is 46.5. The van der Waals surface area contributed by atoms with E-state index < -0.39 is 63.8 Å². The van der Waals surface area contributed by atoms with Gasteiger partial charge in [0, 0.05) is 34.2 Å². The number of carboxylic acid groups (broad SMARTS) is 1. The Kier molecular flexibility index (Phi) is 48.7. The normalized spacial score (nSPS) is 11.0. The van der Waals surface area contributed by atoms with Crippen LogP contribution in [0.4, 0.5) is 29.2 Å². The number of aliphatic hydroxyl groups is 1. The van der Waals surface area contributed by atoms with Crippen molar-refractivity contribution in [2.75, 3.05) is 67.1 Å². The molecule has 0 unspecified atom stereocenters. The summed E-state index contributed by atoms with van der Waals surface area (Å²) in [5.41, 5.74) is -2.92. The molecule has 0 aromatic heterocycles. The van der Waals surface area contributed by atoms with Gasteiger partial charge < -0.3 is 43.4 Å². The predicted octanol–water partition coefficient (Wildman–Crippen LogP) is 12.6. The Bertz CT molecular complexity index is 2030. The fraction of sp³-hybridized carbons (Fsp3) is 0.564. The van der Waals surface area contributed by atoms with E-state index >= 15 is 0 Å². The Morgan fingerprint density at radius 3 is 1.14 bits per heavy atom. The SMILES string of the molecule is CC.CC(C)(C(=O)O)C(F)F.CC(C)(C(=O)OCc1ccccc1)C(F)F.CC(C)(C=O)C(=O)OCc1ccccc1.CC(C)(CO)C(=O)OCc1ccccc1.CCOC(C)=O.COCCN(CCOC)S(F)(F)F.CPC. The van der Waals surface area contributed by atoms with Crippen molar-refractivity contribution in [3.05, 3.63) is 108 Å². The van der Waals surface area contributed by atoms with E-state index in [1.165, 1.54) is 48.8 Å². The maximum atomic E-state index is 12.5. The van der Waals surface area contributed by atoms with Crippen LogP contribution < -0.4 is 0 Å². The van der Waals surface area contributed by atoms with Gasteiger partial charge in [0.1, 0.15) is 42.4 Å². The van der Waals surface area contributed by atoms with Crippen molar-refractivity contribution in [1.29, 1.82) is 0 Å². The molecular weight excluding hydrogens is 1090 g/mol. The van der Waals surface area contributed by atoms with Gasteiger partial charge in [-0.05, 0) is 92.3 Å². The highest BCUT2D eigenvalue weighted by Crippen LogP contribution is 2.56. The van der Waals surface area contributed by atoms with Crippen molar-refractivity contribution >= 4 is 56.1 Å². The number of benzene rings is 3. The van der Waals surface area contributed by atoms with Gasteiger partial charge in [0.15, 0.2) is 0 Å². The second-order valence-corrected chi connectivity index (χ2v) is 20.4. The number of carbonyl (C=O) groups excluding carboxylic acids is 5. The molecule has 79 heavy (non-hydrogen) atoms. The maximum absolute atomic E-state index is 12.5. The van der Waals surface area contributed by atoms with Gasteiger partial charge >= 0.3 is 29.8 Å². The summed E-state index contributed by atoms with van der Waals surface area (Å²) in [5.74, 6) is -3.45. The first-order valence-corrected chi connectivity index (χ1v) is 27.8. The quantitative estimate of drug-likeness (QED) is 0.0240. The monoisotopic (exact) mass is 1180 g/mol. The van der Waals surface area contributed by atoms with Crippen molar-refractivity contribution in [2.45, 2.75) is 116 Å². The highest BCUT2D eigenvalue weighted by atomic mass is 32.3. The molecule has 0 amide bonds. The van der Waals surface area contributed by atoms with Gasteiger partial charge in [0.05, 0.1) is 31.8 Å². The first kappa shape index (κ1) is 82.6. The van der Waals surface area contributed by atoms with Gasteiger partial charge in [-0.15, -0.1) is 20.2 Å². The Labute approximate surface area is 467 Å². The number of hydrogen-bond acceptors (Lipinski definition) is 14. The molecule has 0 spiro atoms. The average molecular weight is 1180 g/mol. The summed E-state index contributed by atoms with van der Waals surface area (Å²) in [6.07, 6.45) is -4.94. The molecule has 0 atom stereocenters. The van der Waals surface area contributed by atoms with E-state index in [0.29, 0.717) is 17.2 Å². The van der Waals surface area contributed by atoms with E-state index in [1.54, 1.807) is 45.0 Å². The number of halogens is 7. The topological polar surface area (TPSA) is 201 Å². The third-order valence-electron chi connectivity index (χ3n) is 9.31. The molecule has 0 aliphatic carbocycles. The Morgan fingerprint density at radius 2 is 0.924 bits per heavy atom. The maximum Gasteiger partial charge on any atom is 0.319 e. The van der Waals surface area contributed by atoms with Gasteiger partial charge in [0.25, 0.3) is 24.2 Å². The predicted molar refractivity (Wildman–Crippen MR) is 297 cm³/mol. The van der Waals surface area contributed by atoms with Crippen LogP contribution in [0.2, 0.25) is 0 Å². The minimum atomic E-state index is -5.14. The Morgan fingerprint density at radius 1 is 0.608 bits per heavy atom. The number of hydrogen-bond donors (Lipinski definition) is 2. The smallest absolute Gasteiger partial charge is 0.319 e. The zero-order valence-corrected chi connectivity index (χ0v) is 50.4. The number of aliphatic hydroxyl groups excluding tert-OH is 1. The average Bonchev–Trinajstić information content (AvgIpc) is 3.40. The molecule has 456 valence electrons. The highest BCUT2D eigenvalue weighted by Gasteiger charge is 2.39. The number of methoxy groups -OCH3 is 2. The number of esters is 4. The molecule has 0 aliphatic rings. The largest absolute Gasteiger partial charge is 0.481 e. The lowest BCUT2D eigenvalue weighted by molar-refractivity contribution is -0.164. The molecule has 0 bridgehead atoms. The molecule has 3 aromatic rings. The zero-order chi connectivity index (χ0) is 62.5. The molecule has 3 aromatic carbocycles. The van der Waals surface area contributed by atoms with E-state index in [0.717, 1.165) is 39.1 Å². The van der Waals surface area contributed by atoms with E-state index in [-0.39, 0.29) is 64.7 Å². The lowest BCUT2D eigenvalue weighted by Crippen LogP contribution is -2.33. The molecule has 3 rings (SSSR count). The molecule has 0 fully saturated rings. The van der Waals surface area contributed by atoms with Gasteiger partial charge in [-0.1, -0.05) is 105 Å². The number of ether oxygens (including phenoxy) is 6. The highest BCUT2D eigenvalue weighted by molar-refractivity contribution is 8.18. The van der Waals surface area contributed by atoms with Crippen LogP contribution in [0.3, 0.4) is 0 Å². The molecule has 0 saturated heterocycles. The minimum absolute atomic E-state index is 0.0236. The molecule has 0 saturated carbocycles. The molecule has 24 heteroatoms. The molecule has 2 N–H and O–H groups in total. The van der Waals surface area contributed by atoms with Crippen LogP contribution in [0.5, 0.6) is 0 Å². The third-order valence-corrected chi connectivity index (χ3v) is 10.3. The van der Waals surface area contributed by atoms with Gasteiger partial charge in [0.2, 0.25) is 0 Å². The number of alkyl halides is 4. The van der Waals surface area contributed by atoms with E-state index in [4.69, 9.17) is 24.4 Å². The number of nitrogens with zero attached hydrogens (tertiary/aromatic N) is 1. The number of aliphatic carboxylic acids is 1. The minimum Gasteiger partial charge on any atom is -0.481 e. The summed E-state index contributed by atoms with van der Waals surface area (Å²) < 4.78 is 114. The number of aldehydes is 1. The summed E-state index contributed by atoms with van der Waals surface area (Å²) in [7, 11) is 3.83. The lowest BCUT2D eigenvalue weighted by Gasteiger charge is -2.26. The summed E-state index contributed by atoms with van der Waals surface area (Å²) in [4.78, 5) is 64.7. The molecule has 0 radical (unpaired) electrons. The van der Waals surface area contributed by atoms with Crippen LogP contribution in [-0.2, 0) is 77.0 Å². The van der Waals surface area contributed by atoms with Crippen molar-refractivity contribution < 1.29 is 96.6 Å².